The van der Waals surface area contributed by atoms with Gasteiger partial charge < -0.3 is 5.32 Å². The Morgan fingerprint density at radius 3 is 2.84 bits per heavy atom. The third-order valence-electron chi connectivity index (χ3n) is 3.78. The summed E-state index contributed by atoms with van der Waals surface area (Å²) < 4.78 is 0. The zero-order valence-corrected chi connectivity index (χ0v) is 12.4. The molecule has 5 nitrogen and oxygen atoms in total. The Bertz CT molecular complexity index is 447. The first-order valence-corrected chi connectivity index (χ1v) is 7.50. The summed E-state index contributed by atoms with van der Waals surface area (Å²) in [6.07, 6.45) is 1.15. The van der Waals surface area contributed by atoms with Crippen molar-refractivity contribution in [2.45, 2.75) is 32.4 Å². The molecule has 0 aromatic carbocycles. The molecule has 0 amide bonds. The van der Waals surface area contributed by atoms with Gasteiger partial charge in [0.1, 0.15) is 0 Å². The van der Waals surface area contributed by atoms with Crippen molar-refractivity contribution in [1.82, 2.24) is 10.2 Å². The van der Waals surface area contributed by atoms with Crippen molar-refractivity contribution in [3.63, 3.8) is 0 Å². The Hall–Kier alpha value is -0.980. The Morgan fingerprint density at radius 1 is 1.58 bits per heavy atom. The van der Waals surface area contributed by atoms with Crippen molar-refractivity contribution in [2.75, 3.05) is 20.1 Å². The second-order valence-electron chi connectivity index (χ2n) is 5.32. The minimum Gasteiger partial charge on any atom is -0.319 e. The molecule has 0 spiro atoms. The van der Waals surface area contributed by atoms with Gasteiger partial charge in [-0.05, 0) is 52.4 Å². The molecular formula is C13H21N3O2S. The van der Waals surface area contributed by atoms with E-state index >= 15 is 0 Å². The van der Waals surface area contributed by atoms with Gasteiger partial charge in [0.15, 0.2) is 0 Å². The Labute approximate surface area is 117 Å². The molecule has 6 heteroatoms. The first kappa shape index (κ1) is 14.4. The Kier molecular flexibility index (Phi) is 4.54. The molecule has 1 N–H and O–H groups in total. The van der Waals surface area contributed by atoms with Gasteiger partial charge >= 0.3 is 5.00 Å². The van der Waals surface area contributed by atoms with Gasteiger partial charge in [0.2, 0.25) is 0 Å². The summed E-state index contributed by atoms with van der Waals surface area (Å²) in [5, 5.41) is 14.3. The normalized spacial score (nSPS) is 24.2. The maximum Gasteiger partial charge on any atom is 0.324 e. The maximum atomic E-state index is 10.8. The van der Waals surface area contributed by atoms with Crippen LogP contribution in [0.1, 0.15) is 31.2 Å². The lowest BCUT2D eigenvalue weighted by molar-refractivity contribution is -0.380. The summed E-state index contributed by atoms with van der Waals surface area (Å²) in [7, 11) is 1.96. The lowest BCUT2D eigenvalue weighted by Gasteiger charge is -2.30. The molecule has 0 bridgehead atoms. The molecule has 2 unspecified atom stereocenters. The number of rotatable bonds is 5. The van der Waals surface area contributed by atoms with E-state index in [1.165, 1.54) is 11.3 Å². The summed E-state index contributed by atoms with van der Waals surface area (Å²) in [6.45, 7) is 6.41. The van der Waals surface area contributed by atoms with Crippen LogP contribution in [-0.4, -0.2) is 36.0 Å². The number of likely N-dealkylation sites (tertiary alicyclic amines) is 1. The van der Waals surface area contributed by atoms with Crippen LogP contribution >= 0.6 is 11.3 Å². The van der Waals surface area contributed by atoms with Gasteiger partial charge in [-0.15, -0.1) is 0 Å². The number of nitro groups is 1. The van der Waals surface area contributed by atoms with Gasteiger partial charge in [0.05, 0.1) is 4.92 Å². The average Bonchev–Trinajstić information content (AvgIpc) is 2.94. The summed E-state index contributed by atoms with van der Waals surface area (Å²) in [5.74, 6) is 0.533. The van der Waals surface area contributed by atoms with Gasteiger partial charge in [0, 0.05) is 23.0 Å². The fraction of sp³-hybridized carbons (Fsp3) is 0.692. The third-order valence-corrected chi connectivity index (χ3v) is 4.88. The molecule has 2 heterocycles. The second-order valence-corrected chi connectivity index (χ2v) is 6.41. The number of thiophene rings is 1. The highest BCUT2D eigenvalue weighted by molar-refractivity contribution is 7.15. The molecule has 1 aliphatic rings. The van der Waals surface area contributed by atoms with E-state index in [4.69, 9.17) is 0 Å². The molecule has 19 heavy (non-hydrogen) atoms. The topological polar surface area (TPSA) is 58.4 Å². The Morgan fingerprint density at radius 2 is 2.32 bits per heavy atom. The molecule has 1 aromatic rings. The summed E-state index contributed by atoms with van der Waals surface area (Å²) in [4.78, 5) is 14.1. The van der Waals surface area contributed by atoms with Crippen LogP contribution in [0.25, 0.3) is 0 Å². The van der Waals surface area contributed by atoms with Gasteiger partial charge in [-0.3, -0.25) is 15.0 Å². The number of nitrogens with zero attached hydrogens (tertiary/aromatic N) is 2. The lowest BCUT2D eigenvalue weighted by atomic mass is 9.98. The third kappa shape index (κ3) is 2.96. The van der Waals surface area contributed by atoms with E-state index in [-0.39, 0.29) is 9.92 Å². The van der Waals surface area contributed by atoms with Crippen molar-refractivity contribution in [3.8, 4) is 0 Å². The molecule has 0 saturated carbocycles. The molecule has 1 aliphatic heterocycles. The molecule has 1 saturated heterocycles. The van der Waals surface area contributed by atoms with Crippen LogP contribution in [0, 0.1) is 16.0 Å². The van der Waals surface area contributed by atoms with E-state index in [0.29, 0.717) is 18.0 Å². The predicted molar refractivity (Wildman–Crippen MR) is 77.6 cm³/mol. The first-order chi connectivity index (χ1) is 9.04. The van der Waals surface area contributed by atoms with Crippen molar-refractivity contribution in [3.05, 3.63) is 27.1 Å². The first-order valence-electron chi connectivity index (χ1n) is 6.69. The van der Waals surface area contributed by atoms with E-state index in [1.54, 1.807) is 6.07 Å². The quantitative estimate of drug-likeness (QED) is 0.666. The minimum absolute atomic E-state index is 0.244. The molecule has 2 rings (SSSR count). The monoisotopic (exact) mass is 283 g/mol. The summed E-state index contributed by atoms with van der Waals surface area (Å²) in [6, 6.07) is 4.34. The SMILES string of the molecule is CNCC1CCN(C(C)C)C1c1ccc([N+](=O)[O-])s1. The maximum absolute atomic E-state index is 10.8. The van der Waals surface area contributed by atoms with Gasteiger partial charge in [-0.1, -0.05) is 11.3 Å². The van der Waals surface area contributed by atoms with Crippen LogP contribution in [0.4, 0.5) is 5.00 Å². The van der Waals surface area contributed by atoms with Gasteiger partial charge in [-0.25, -0.2) is 0 Å². The van der Waals surface area contributed by atoms with Crippen LogP contribution in [0.2, 0.25) is 0 Å². The molecule has 0 aliphatic carbocycles. The van der Waals surface area contributed by atoms with Gasteiger partial charge in [-0.2, -0.15) is 0 Å². The highest BCUT2D eigenvalue weighted by Gasteiger charge is 2.37. The Balaban J connectivity index is 2.26. The molecule has 106 valence electrons. The van der Waals surface area contributed by atoms with Crippen LogP contribution in [0.3, 0.4) is 0 Å². The largest absolute Gasteiger partial charge is 0.324 e. The van der Waals surface area contributed by atoms with Crippen molar-refractivity contribution in [2.24, 2.45) is 5.92 Å². The van der Waals surface area contributed by atoms with Crippen molar-refractivity contribution >= 4 is 16.3 Å². The van der Waals surface area contributed by atoms with Gasteiger partial charge in [0.25, 0.3) is 0 Å². The zero-order chi connectivity index (χ0) is 14.0. The number of nitrogens with one attached hydrogen (secondary N) is 1. The number of hydrogen-bond donors (Lipinski definition) is 1. The molecular weight excluding hydrogens is 262 g/mol. The zero-order valence-electron chi connectivity index (χ0n) is 11.6. The molecule has 1 aromatic heterocycles. The highest BCUT2D eigenvalue weighted by Crippen LogP contribution is 2.42. The van der Waals surface area contributed by atoms with Crippen LogP contribution in [0.15, 0.2) is 12.1 Å². The summed E-state index contributed by atoms with van der Waals surface area (Å²) >= 11 is 1.32. The van der Waals surface area contributed by atoms with Crippen LogP contribution < -0.4 is 5.32 Å². The molecule has 1 fully saturated rings. The van der Waals surface area contributed by atoms with Crippen molar-refractivity contribution in [1.29, 1.82) is 0 Å². The fourth-order valence-electron chi connectivity index (χ4n) is 2.93. The standard InChI is InChI=1S/C13H21N3O2S/c1-9(2)15-7-6-10(8-14-3)13(15)11-4-5-12(19-11)16(17)18/h4-5,9-10,13-14H,6-8H2,1-3H3. The smallest absolute Gasteiger partial charge is 0.319 e. The van der Waals surface area contributed by atoms with E-state index < -0.39 is 0 Å². The second kappa shape index (κ2) is 5.98. The minimum atomic E-state index is -0.296. The van der Waals surface area contributed by atoms with E-state index in [9.17, 15) is 10.1 Å². The summed E-state index contributed by atoms with van der Waals surface area (Å²) in [5.41, 5.74) is 0. The molecule has 2 atom stereocenters. The van der Waals surface area contributed by atoms with Crippen LogP contribution in [-0.2, 0) is 0 Å². The van der Waals surface area contributed by atoms with Crippen LogP contribution in [0.5, 0.6) is 0 Å². The fourth-order valence-corrected chi connectivity index (χ4v) is 3.97. The highest BCUT2D eigenvalue weighted by atomic mass is 32.1. The lowest BCUT2D eigenvalue weighted by Crippen LogP contribution is -2.33. The average molecular weight is 283 g/mol. The van der Waals surface area contributed by atoms with E-state index in [1.807, 2.05) is 13.1 Å². The van der Waals surface area contributed by atoms with E-state index in [2.05, 4.69) is 24.1 Å². The molecule has 0 radical (unpaired) electrons. The van der Waals surface area contributed by atoms with E-state index in [0.717, 1.165) is 24.4 Å². The number of hydrogen-bond acceptors (Lipinski definition) is 5. The predicted octanol–water partition coefficient (Wildman–Crippen LogP) is 2.65. The van der Waals surface area contributed by atoms with Crippen molar-refractivity contribution < 1.29 is 4.92 Å².